The molecular formula is C20H21BrN4O3S. The molecule has 0 aliphatic carbocycles. The SMILES string of the molecule is O=C(CCNS(=O)(=O)c1ccc(Br)cc1)NCCc1cnn(-c2ccccc2)c1. The molecule has 0 spiro atoms. The zero-order valence-corrected chi connectivity index (χ0v) is 18.0. The van der Waals surface area contributed by atoms with Gasteiger partial charge in [0.15, 0.2) is 0 Å². The van der Waals surface area contributed by atoms with E-state index in [0.29, 0.717) is 13.0 Å². The molecule has 0 fully saturated rings. The van der Waals surface area contributed by atoms with Crippen LogP contribution in [0, 0.1) is 0 Å². The lowest BCUT2D eigenvalue weighted by Gasteiger charge is -2.07. The molecule has 0 unspecified atom stereocenters. The molecule has 0 saturated carbocycles. The summed E-state index contributed by atoms with van der Waals surface area (Å²) in [4.78, 5) is 12.1. The van der Waals surface area contributed by atoms with Crippen molar-refractivity contribution in [3.63, 3.8) is 0 Å². The van der Waals surface area contributed by atoms with Crippen molar-refractivity contribution >= 4 is 31.9 Å². The van der Waals surface area contributed by atoms with Crippen molar-refractivity contribution in [2.24, 2.45) is 0 Å². The standard InChI is InChI=1S/C20H21BrN4O3S/c21-17-6-8-19(9-7-17)29(27,28)24-13-11-20(26)22-12-10-16-14-23-25(15-16)18-4-2-1-3-5-18/h1-9,14-15,24H,10-13H2,(H,22,26). The van der Waals surface area contributed by atoms with Gasteiger partial charge in [-0.3, -0.25) is 4.79 Å². The molecule has 0 bridgehead atoms. The maximum atomic E-state index is 12.2. The van der Waals surface area contributed by atoms with Gasteiger partial charge in [0, 0.05) is 30.2 Å². The van der Waals surface area contributed by atoms with Crippen LogP contribution in [-0.2, 0) is 21.2 Å². The number of hydrogen-bond acceptors (Lipinski definition) is 4. The highest BCUT2D eigenvalue weighted by atomic mass is 79.9. The fraction of sp³-hybridized carbons (Fsp3) is 0.200. The molecule has 9 heteroatoms. The lowest BCUT2D eigenvalue weighted by atomic mass is 10.2. The predicted molar refractivity (Wildman–Crippen MR) is 114 cm³/mol. The van der Waals surface area contributed by atoms with Crippen LogP contribution in [-0.4, -0.2) is 37.2 Å². The van der Waals surface area contributed by atoms with Gasteiger partial charge >= 0.3 is 0 Å². The zero-order valence-electron chi connectivity index (χ0n) is 15.6. The van der Waals surface area contributed by atoms with E-state index in [-0.39, 0.29) is 23.8 Å². The number of carbonyl (C=O) groups is 1. The summed E-state index contributed by atoms with van der Waals surface area (Å²) < 4.78 is 29.4. The van der Waals surface area contributed by atoms with Crippen LogP contribution in [0.5, 0.6) is 0 Å². The van der Waals surface area contributed by atoms with Crippen molar-refractivity contribution in [1.82, 2.24) is 19.8 Å². The summed E-state index contributed by atoms with van der Waals surface area (Å²) in [7, 11) is -3.62. The van der Waals surface area contributed by atoms with E-state index in [9.17, 15) is 13.2 Å². The van der Waals surface area contributed by atoms with E-state index in [1.54, 1.807) is 23.0 Å². The first-order valence-electron chi connectivity index (χ1n) is 9.05. The molecule has 7 nitrogen and oxygen atoms in total. The van der Waals surface area contributed by atoms with Crippen LogP contribution >= 0.6 is 15.9 Å². The van der Waals surface area contributed by atoms with E-state index in [1.807, 2.05) is 36.5 Å². The van der Waals surface area contributed by atoms with Crippen molar-refractivity contribution in [3.8, 4) is 5.69 Å². The summed E-state index contributed by atoms with van der Waals surface area (Å²) >= 11 is 3.26. The Morgan fingerprint density at radius 1 is 1.03 bits per heavy atom. The van der Waals surface area contributed by atoms with Crippen LogP contribution in [0.3, 0.4) is 0 Å². The van der Waals surface area contributed by atoms with Crippen LogP contribution < -0.4 is 10.0 Å². The van der Waals surface area contributed by atoms with E-state index in [4.69, 9.17) is 0 Å². The highest BCUT2D eigenvalue weighted by molar-refractivity contribution is 9.10. The fourth-order valence-corrected chi connectivity index (χ4v) is 3.94. The molecule has 3 rings (SSSR count). The molecule has 1 amide bonds. The molecule has 29 heavy (non-hydrogen) atoms. The third-order valence-corrected chi connectivity index (χ3v) is 6.17. The number of rotatable bonds is 9. The van der Waals surface area contributed by atoms with Crippen LogP contribution in [0.2, 0.25) is 0 Å². The van der Waals surface area contributed by atoms with Gasteiger partial charge in [-0.05, 0) is 48.4 Å². The number of halogens is 1. The van der Waals surface area contributed by atoms with Crippen molar-refractivity contribution in [1.29, 1.82) is 0 Å². The van der Waals surface area contributed by atoms with Gasteiger partial charge in [-0.1, -0.05) is 34.1 Å². The molecule has 1 aromatic heterocycles. The third kappa shape index (κ3) is 6.25. The molecule has 0 aliphatic rings. The highest BCUT2D eigenvalue weighted by Crippen LogP contribution is 2.14. The topological polar surface area (TPSA) is 93.1 Å². The third-order valence-electron chi connectivity index (χ3n) is 4.16. The van der Waals surface area contributed by atoms with Gasteiger partial charge in [-0.15, -0.1) is 0 Å². The van der Waals surface area contributed by atoms with Gasteiger partial charge in [-0.25, -0.2) is 17.8 Å². The van der Waals surface area contributed by atoms with Gasteiger partial charge in [0.25, 0.3) is 0 Å². The Balaban J connectivity index is 1.39. The van der Waals surface area contributed by atoms with Crippen LogP contribution in [0.25, 0.3) is 5.69 Å². The molecule has 3 aromatic rings. The molecule has 0 aliphatic heterocycles. The summed E-state index contributed by atoms with van der Waals surface area (Å²) in [6.45, 7) is 0.495. The average Bonchev–Trinajstić information content (AvgIpc) is 3.18. The number of sulfonamides is 1. The number of amides is 1. The number of aromatic nitrogens is 2. The minimum Gasteiger partial charge on any atom is -0.356 e. The molecule has 0 radical (unpaired) electrons. The Bertz CT molecular complexity index is 1050. The highest BCUT2D eigenvalue weighted by Gasteiger charge is 2.13. The van der Waals surface area contributed by atoms with Crippen molar-refractivity contribution in [3.05, 3.63) is 77.0 Å². The van der Waals surface area contributed by atoms with E-state index < -0.39 is 10.0 Å². The second kappa shape index (κ2) is 9.82. The van der Waals surface area contributed by atoms with Crippen LogP contribution in [0.4, 0.5) is 0 Å². The van der Waals surface area contributed by atoms with Gasteiger partial charge in [0.2, 0.25) is 15.9 Å². The zero-order chi connectivity index (χ0) is 20.7. The Morgan fingerprint density at radius 2 is 1.76 bits per heavy atom. The number of carbonyl (C=O) groups excluding carboxylic acids is 1. The smallest absolute Gasteiger partial charge is 0.240 e. The van der Waals surface area contributed by atoms with E-state index >= 15 is 0 Å². The molecule has 2 N–H and O–H groups in total. The fourth-order valence-electron chi connectivity index (χ4n) is 2.64. The summed E-state index contributed by atoms with van der Waals surface area (Å²) in [5.41, 5.74) is 1.98. The van der Waals surface area contributed by atoms with E-state index in [1.165, 1.54) is 12.1 Å². The molecule has 152 valence electrons. The molecular weight excluding hydrogens is 456 g/mol. The van der Waals surface area contributed by atoms with Crippen LogP contribution in [0.15, 0.2) is 76.4 Å². The number of benzene rings is 2. The Morgan fingerprint density at radius 3 is 2.48 bits per heavy atom. The van der Waals surface area contributed by atoms with Gasteiger partial charge in [0.1, 0.15) is 0 Å². The first-order chi connectivity index (χ1) is 13.9. The predicted octanol–water partition coefficient (Wildman–Crippen LogP) is 2.66. The summed E-state index contributed by atoms with van der Waals surface area (Å²) in [5, 5.41) is 7.12. The van der Waals surface area contributed by atoms with E-state index in [0.717, 1.165) is 15.7 Å². The van der Waals surface area contributed by atoms with Gasteiger partial charge in [-0.2, -0.15) is 5.10 Å². The monoisotopic (exact) mass is 476 g/mol. The van der Waals surface area contributed by atoms with Crippen molar-refractivity contribution in [2.45, 2.75) is 17.7 Å². The lowest BCUT2D eigenvalue weighted by Crippen LogP contribution is -2.31. The van der Waals surface area contributed by atoms with E-state index in [2.05, 4.69) is 31.1 Å². The average molecular weight is 477 g/mol. The molecule has 0 saturated heterocycles. The first kappa shape index (κ1) is 21.2. The number of para-hydroxylation sites is 1. The number of nitrogens with zero attached hydrogens (tertiary/aromatic N) is 2. The summed E-state index contributed by atoms with van der Waals surface area (Å²) in [6.07, 6.45) is 4.40. The maximum absolute atomic E-state index is 12.2. The van der Waals surface area contributed by atoms with Gasteiger partial charge < -0.3 is 5.32 Å². The largest absolute Gasteiger partial charge is 0.356 e. The van der Waals surface area contributed by atoms with Crippen molar-refractivity contribution in [2.75, 3.05) is 13.1 Å². The molecule has 2 aromatic carbocycles. The first-order valence-corrected chi connectivity index (χ1v) is 11.3. The Hall–Kier alpha value is -2.49. The molecule has 1 heterocycles. The second-order valence-corrected chi connectivity index (χ2v) is 9.01. The Kier molecular flexibility index (Phi) is 7.18. The number of hydrogen-bond donors (Lipinski definition) is 2. The lowest BCUT2D eigenvalue weighted by molar-refractivity contribution is -0.120. The normalized spacial score (nSPS) is 11.3. The molecule has 0 atom stereocenters. The van der Waals surface area contributed by atoms with Crippen molar-refractivity contribution < 1.29 is 13.2 Å². The Labute approximate surface area is 178 Å². The minimum absolute atomic E-state index is 0.0379. The maximum Gasteiger partial charge on any atom is 0.240 e. The summed E-state index contributed by atoms with van der Waals surface area (Å²) in [6, 6.07) is 16.1. The second-order valence-electron chi connectivity index (χ2n) is 6.33. The minimum atomic E-state index is -3.62. The number of nitrogens with one attached hydrogen (secondary N) is 2. The summed E-state index contributed by atoms with van der Waals surface area (Å²) in [5.74, 6) is -0.209. The van der Waals surface area contributed by atoms with Crippen LogP contribution in [0.1, 0.15) is 12.0 Å². The quantitative estimate of drug-likeness (QED) is 0.496. The van der Waals surface area contributed by atoms with Gasteiger partial charge in [0.05, 0.1) is 16.8 Å².